The Morgan fingerprint density at radius 1 is 1.53 bits per heavy atom. The normalized spacial score (nSPS) is 10.1. The lowest BCUT2D eigenvalue weighted by Crippen LogP contribution is -2.32. The van der Waals surface area contributed by atoms with Crippen LogP contribution in [0.1, 0.15) is 30.6 Å². The van der Waals surface area contributed by atoms with Crippen LogP contribution in [0, 0.1) is 11.3 Å². The van der Waals surface area contributed by atoms with Crippen LogP contribution in [0.2, 0.25) is 0 Å². The minimum absolute atomic E-state index is 0.161. The van der Waals surface area contributed by atoms with Gasteiger partial charge in [0.05, 0.1) is 23.9 Å². The molecule has 102 valence electrons. The van der Waals surface area contributed by atoms with Crippen molar-refractivity contribution < 1.29 is 4.79 Å². The van der Waals surface area contributed by atoms with Gasteiger partial charge < -0.3 is 16.0 Å². The van der Waals surface area contributed by atoms with Crippen molar-refractivity contribution in [2.24, 2.45) is 0 Å². The summed E-state index contributed by atoms with van der Waals surface area (Å²) in [6.45, 7) is 4.71. The number of benzene rings is 1. The van der Waals surface area contributed by atoms with Gasteiger partial charge in [-0.3, -0.25) is 4.79 Å². The van der Waals surface area contributed by atoms with Crippen molar-refractivity contribution in [2.75, 3.05) is 24.2 Å². The maximum absolute atomic E-state index is 11.5. The summed E-state index contributed by atoms with van der Waals surface area (Å²) in [5, 5.41) is 11.3. The lowest BCUT2D eigenvalue weighted by molar-refractivity contribution is 0.0963. The molecule has 0 atom stereocenters. The van der Waals surface area contributed by atoms with Gasteiger partial charge in [0.15, 0.2) is 0 Å². The number of anilines is 2. The molecular formula is C14H20N4O. The molecule has 1 rings (SSSR count). The van der Waals surface area contributed by atoms with Gasteiger partial charge in [-0.2, -0.15) is 5.26 Å². The predicted octanol–water partition coefficient (Wildman–Crippen LogP) is 1.76. The van der Waals surface area contributed by atoms with Crippen LogP contribution in [0.25, 0.3) is 0 Å². The van der Waals surface area contributed by atoms with Crippen LogP contribution in [0.4, 0.5) is 11.4 Å². The summed E-state index contributed by atoms with van der Waals surface area (Å²) in [5.41, 5.74) is 7.96. The van der Waals surface area contributed by atoms with Crippen molar-refractivity contribution in [3.63, 3.8) is 0 Å². The predicted molar refractivity (Wildman–Crippen MR) is 77.0 cm³/mol. The number of nitrogens with zero attached hydrogens (tertiary/aromatic N) is 2. The van der Waals surface area contributed by atoms with Crippen molar-refractivity contribution in [2.45, 2.75) is 26.3 Å². The fourth-order valence-corrected chi connectivity index (χ4v) is 1.93. The van der Waals surface area contributed by atoms with Gasteiger partial charge in [0.2, 0.25) is 0 Å². The second-order valence-corrected chi connectivity index (χ2v) is 4.55. The van der Waals surface area contributed by atoms with E-state index in [0.29, 0.717) is 24.2 Å². The number of carbonyl (C=O) groups is 1. The number of nitrogens with one attached hydrogen (secondary N) is 1. The third kappa shape index (κ3) is 3.62. The largest absolute Gasteiger partial charge is 0.397 e. The third-order valence-corrected chi connectivity index (χ3v) is 2.91. The Balaban J connectivity index is 3.05. The molecule has 3 N–H and O–H groups in total. The first-order chi connectivity index (χ1) is 9.01. The van der Waals surface area contributed by atoms with Gasteiger partial charge in [-0.15, -0.1) is 0 Å². The molecule has 1 aromatic carbocycles. The van der Waals surface area contributed by atoms with Crippen molar-refractivity contribution in [3.8, 4) is 6.07 Å². The molecule has 5 nitrogen and oxygen atoms in total. The van der Waals surface area contributed by atoms with Crippen LogP contribution in [-0.2, 0) is 0 Å². The lowest BCUT2D eigenvalue weighted by Gasteiger charge is -2.29. The van der Waals surface area contributed by atoms with Gasteiger partial charge in [-0.05, 0) is 32.0 Å². The van der Waals surface area contributed by atoms with Crippen LogP contribution in [0.15, 0.2) is 18.2 Å². The molecule has 1 aromatic rings. The number of carbonyl (C=O) groups excluding carboxylic acids is 1. The fraction of sp³-hybridized carbons (Fsp3) is 0.429. The highest BCUT2D eigenvalue weighted by Gasteiger charge is 2.14. The van der Waals surface area contributed by atoms with Crippen molar-refractivity contribution in [1.82, 2.24) is 5.32 Å². The van der Waals surface area contributed by atoms with E-state index in [1.165, 1.54) is 0 Å². The van der Waals surface area contributed by atoms with E-state index in [1.54, 1.807) is 19.2 Å². The summed E-state index contributed by atoms with van der Waals surface area (Å²) in [4.78, 5) is 13.6. The summed E-state index contributed by atoms with van der Waals surface area (Å²) in [5.74, 6) is -0.161. The monoisotopic (exact) mass is 260 g/mol. The average molecular weight is 260 g/mol. The zero-order valence-electron chi connectivity index (χ0n) is 11.6. The van der Waals surface area contributed by atoms with Crippen LogP contribution in [-0.4, -0.2) is 25.5 Å². The molecule has 0 saturated carbocycles. The number of nitrogen functional groups attached to an aromatic ring is 1. The van der Waals surface area contributed by atoms with Crippen LogP contribution in [0.5, 0.6) is 0 Å². The molecule has 0 aromatic heterocycles. The Morgan fingerprint density at radius 2 is 2.21 bits per heavy atom. The highest BCUT2D eigenvalue weighted by molar-refractivity contribution is 5.96. The van der Waals surface area contributed by atoms with Gasteiger partial charge in [0.25, 0.3) is 5.91 Å². The molecule has 19 heavy (non-hydrogen) atoms. The SMILES string of the molecule is CNC(=O)c1ccc(N(CCC#N)C(C)C)c(N)c1. The standard InChI is InChI=1S/C14H20N4O/c1-10(2)18(8-4-7-15)13-6-5-11(9-12(13)16)14(19)17-3/h5-6,9-10H,4,8,16H2,1-3H3,(H,17,19). The highest BCUT2D eigenvalue weighted by Crippen LogP contribution is 2.26. The van der Waals surface area contributed by atoms with Gasteiger partial charge in [-0.1, -0.05) is 0 Å². The fourth-order valence-electron chi connectivity index (χ4n) is 1.93. The molecule has 5 heteroatoms. The van der Waals surface area contributed by atoms with E-state index in [-0.39, 0.29) is 11.9 Å². The Morgan fingerprint density at radius 3 is 2.68 bits per heavy atom. The number of hydrogen-bond donors (Lipinski definition) is 2. The zero-order chi connectivity index (χ0) is 14.4. The van der Waals surface area contributed by atoms with Crippen molar-refractivity contribution in [3.05, 3.63) is 23.8 Å². The summed E-state index contributed by atoms with van der Waals surface area (Å²) in [6, 6.07) is 7.61. The average Bonchev–Trinajstić information content (AvgIpc) is 2.39. The molecule has 1 amide bonds. The number of nitriles is 1. The summed E-state index contributed by atoms with van der Waals surface area (Å²) in [6.07, 6.45) is 0.439. The third-order valence-electron chi connectivity index (χ3n) is 2.91. The van der Waals surface area contributed by atoms with Gasteiger partial charge >= 0.3 is 0 Å². The van der Waals surface area contributed by atoms with Crippen LogP contribution < -0.4 is 16.0 Å². The summed E-state index contributed by atoms with van der Waals surface area (Å²) >= 11 is 0. The second kappa shape index (κ2) is 6.64. The Hall–Kier alpha value is -2.22. The summed E-state index contributed by atoms with van der Waals surface area (Å²) in [7, 11) is 1.58. The van der Waals surface area contributed by atoms with E-state index in [2.05, 4.69) is 16.3 Å². The Bertz CT molecular complexity index is 491. The highest BCUT2D eigenvalue weighted by atomic mass is 16.1. The maximum atomic E-state index is 11.5. The smallest absolute Gasteiger partial charge is 0.251 e. The van der Waals surface area contributed by atoms with Crippen molar-refractivity contribution >= 4 is 17.3 Å². The topological polar surface area (TPSA) is 82.2 Å². The van der Waals surface area contributed by atoms with E-state index in [9.17, 15) is 4.79 Å². The number of rotatable bonds is 5. The second-order valence-electron chi connectivity index (χ2n) is 4.55. The van der Waals surface area contributed by atoms with E-state index in [1.807, 2.05) is 19.9 Å². The summed E-state index contributed by atoms with van der Waals surface area (Å²) < 4.78 is 0. The number of amides is 1. The van der Waals surface area contributed by atoms with Gasteiger partial charge in [0.1, 0.15) is 0 Å². The molecule has 0 aliphatic rings. The first kappa shape index (κ1) is 14.8. The molecule has 0 heterocycles. The molecule has 0 saturated heterocycles. The quantitative estimate of drug-likeness (QED) is 0.790. The minimum Gasteiger partial charge on any atom is -0.397 e. The van der Waals surface area contributed by atoms with Crippen LogP contribution >= 0.6 is 0 Å². The lowest BCUT2D eigenvalue weighted by atomic mass is 10.1. The molecule has 0 fully saturated rings. The molecule has 0 bridgehead atoms. The molecule has 0 aliphatic carbocycles. The van der Waals surface area contributed by atoms with Gasteiger partial charge in [0, 0.05) is 25.2 Å². The molecule has 0 aliphatic heterocycles. The first-order valence-electron chi connectivity index (χ1n) is 6.26. The van der Waals surface area contributed by atoms with Crippen LogP contribution in [0.3, 0.4) is 0 Å². The Kier molecular flexibility index (Phi) is 5.19. The van der Waals surface area contributed by atoms with E-state index < -0.39 is 0 Å². The number of nitrogens with two attached hydrogens (primary N) is 1. The molecule has 0 spiro atoms. The van der Waals surface area contributed by atoms with E-state index in [0.717, 1.165) is 5.69 Å². The van der Waals surface area contributed by atoms with Crippen molar-refractivity contribution in [1.29, 1.82) is 5.26 Å². The molecular weight excluding hydrogens is 240 g/mol. The minimum atomic E-state index is -0.161. The van der Waals surface area contributed by atoms with E-state index in [4.69, 9.17) is 11.0 Å². The number of hydrogen-bond acceptors (Lipinski definition) is 4. The first-order valence-corrected chi connectivity index (χ1v) is 6.26. The maximum Gasteiger partial charge on any atom is 0.251 e. The van der Waals surface area contributed by atoms with E-state index >= 15 is 0 Å². The molecule has 0 radical (unpaired) electrons. The molecule has 0 unspecified atom stereocenters. The zero-order valence-corrected chi connectivity index (χ0v) is 11.6. The Labute approximate surface area is 114 Å². The van der Waals surface area contributed by atoms with Gasteiger partial charge in [-0.25, -0.2) is 0 Å².